The Hall–Kier alpha value is -1.99. The third kappa shape index (κ3) is 6.29. The number of carboxylic acid groups (broad SMARTS) is 1. The first-order valence-electron chi connectivity index (χ1n) is 10.2. The van der Waals surface area contributed by atoms with Crippen molar-refractivity contribution in [3.63, 3.8) is 0 Å². The topological polar surface area (TPSA) is 66.4 Å². The SMILES string of the molecule is CCC(C)(Cc1ccc(Cl)c(NC(=O)[C@H](C2C=CC(Cl)=CC2)[C@@H](C)C(F)(F)F)c1)C(=O)O. The van der Waals surface area contributed by atoms with E-state index in [9.17, 15) is 27.9 Å². The Morgan fingerprint density at radius 2 is 1.94 bits per heavy atom. The van der Waals surface area contributed by atoms with Crippen molar-refractivity contribution in [3.8, 4) is 0 Å². The van der Waals surface area contributed by atoms with Gasteiger partial charge in [0.2, 0.25) is 5.91 Å². The van der Waals surface area contributed by atoms with Gasteiger partial charge in [-0.15, -0.1) is 0 Å². The van der Waals surface area contributed by atoms with E-state index in [1.165, 1.54) is 24.3 Å². The molecular weight excluding hydrogens is 466 g/mol. The molecule has 4 atom stereocenters. The van der Waals surface area contributed by atoms with E-state index in [0.717, 1.165) is 6.92 Å². The summed E-state index contributed by atoms with van der Waals surface area (Å²) in [4.78, 5) is 24.7. The maximum atomic E-state index is 13.5. The fourth-order valence-electron chi connectivity index (χ4n) is 3.67. The highest BCUT2D eigenvalue weighted by molar-refractivity contribution is 6.33. The molecule has 4 nitrogen and oxygen atoms in total. The number of alkyl halides is 3. The summed E-state index contributed by atoms with van der Waals surface area (Å²) in [5.41, 5.74) is -0.282. The van der Waals surface area contributed by atoms with Gasteiger partial charge in [0.25, 0.3) is 0 Å². The zero-order valence-corrected chi connectivity index (χ0v) is 19.5. The lowest BCUT2D eigenvalue weighted by Gasteiger charge is -2.31. The van der Waals surface area contributed by atoms with E-state index in [1.807, 2.05) is 0 Å². The molecule has 0 spiro atoms. The second kappa shape index (κ2) is 10.3. The summed E-state index contributed by atoms with van der Waals surface area (Å²) in [5, 5.41) is 12.6. The number of aliphatic carboxylic acids is 1. The van der Waals surface area contributed by atoms with Crippen LogP contribution in [0.25, 0.3) is 0 Å². The first kappa shape index (κ1) is 26.3. The number of carboxylic acids is 1. The Balaban J connectivity index is 2.33. The third-order valence-corrected chi connectivity index (χ3v) is 6.70. The van der Waals surface area contributed by atoms with Gasteiger partial charge in [-0.3, -0.25) is 9.59 Å². The van der Waals surface area contributed by atoms with Crippen molar-refractivity contribution in [2.75, 3.05) is 5.32 Å². The van der Waals surface area contributed by atoms with Gasteiger partial charge in [-0.25, -0.2) is 0 Å². The molecule has 9 heteroatoms. The van der Waals surface area contributed by atoms with Gasteiger partial charge in [-0.05, 0) is 55.9 Å². The van der Waals surface area contributed by atoms with Crippen LogP contribution in [-0.4, -0.2) is 23.2 Å². The van der Waals surface area contributed by atoms with E-state index >= 15 is 0 Å². The van der Waals surface area contributed by atoms with Crippen LogP contribution in [0.3, 0.4) is 0 Å². The molecule has 0 aliphatic heterocycles. The number of rotatable bonds is 8. The minimum atomic E-state index is -4.57. The van der Waals surface area contributed by atoms with Crippen molar-refractivity contribution in [1.82, 2.24) is 0 Å². The van der Waals surface area contributed by atoms with Gasteiger partial charge in [0.05, 0.1) is 28.0 Å². The number of benzene rings is 1. The number of hydrogen-bond acceptors (Lipinski definition) is 2. The van der Waals surface area contributed by atoms with Crippen molar-refractivity contribution in [2.45, 2.75) is 46.2 Å². The summed E-state index contributed by atoms with van der Waals surface area (Å²) < 4.78 is 40.6. The molecule has 0 aromatic heterocycles. The lowest BCUT2D eigenvalue weighted by atomic mass is 9.78. The third-order valence-electron chi connectivity index (χ3n) is 6.09. The summed E-state index contributed by atoms with van der Waals surface area (Å²) >= 11 is 12.1. The minimum Gasteiger partial charge on any atom is -0.481 e. The Morgan fingerprint density at radius 1 is 1.28 bits per heavy atom. The number of carbonyl (C=O) groups excluding carboxylic acids is 1. The molecule has 176 valence electrons. The maximum absolute atomic E-state index is 13.5. The smallest absolute Gasteiger partial charge is 0.392 e. The van der Waals surface area contributed by atoms with Crippen LogP contribution in [0, 0.1) is 23.2 Å². The quantitative estimate of drug-likeness (QED) is 0.418. The lowest BCUT2D eigenvalue weighted by molar-refractivity contribution is -0.188. The molecule has 0 saturated heterocycles. The van der Waals surface area contributed by atoms with Crippen molar-refractivity contribution in [3.05, 3.63) is 52.0 Å². The Kier molecular flexibility index (Phi) is 8.45. The van der Waals surface area contributed by atoms with Crippen molar-refractivity contribution < 1.29 is 27.9 Å². The molecule has 0 fully saturated rings. The van der Waals surface area contributed by atoms with Gasteiger partial charge in [-0.1, -0.05) is 55.3 Å². The fourth-order valence-corrected chi connectivity index (χ4v) is 4.00. The average molecular weight is 492 g/mol. The molecule has 1 aliphatic carbocycles. The Morgan fingerprint density at radius 3 is 2.44 bits per heavy atom. The van der Waals surface area contributed by atoms with Crippen molar-refractivity contribution in [2.24, 2.45) is 23.2 Å². The molecule has 0 heterocycles. The first-order chi connectivity index (χ1) is 14.8. The lowest BCUT2D eigenvalue weighted by Crippen LogP contribution is -2.40. The largest absolute Gasteiger partial charge is 0.481 e. The predicted molar refractivity (Wildman–Crippen MR) is 120 cm³/mol. The van der Waals surface area contributed by atoms with Crippen LogP contribution < -0.4 is 5.32 Å². The number of amides is 1. The van der Waals surface area contributed by atoms with E-state index in [4.69, 9.17) is 23.2 Å². The summed E-state index contributed by atoms with van der Waals surface area (Å²) in [6, 6.07) is 4.65. The predicted octanol–water partition coefficient (Wildman–Crippen LogP) is 6.84. The highest BCUT2D eigenvalue weighted by Crippen LogP contribution is 2.40. The second-order valence-electron chi connectivity index (χ2n) is 8.40. The summed E-state index contributed by atoms with van der Waals surface area (Å²) in [7, 11) is 0. The Bertz CT molecular complexity index is 930. The zero-order chi connectivity index (χ0) is 24.3. The van der Waals surface area contributed by atoms with Gasteiger partial charge in [0.15, 0.2) is 0 Å². The summed E-state index contributed by atoms with van der Waals surface area (Å²) in [5.74, 6) is -5.76. The van der Waals surface area contributed by atoms with Crippen LogP contribution in [0.2, 0.25) is 5.02 Å². The number of carbonyl (C=O) groups is 2. The summed E-state index contributed by atoms with van der Waals surface area (Å²) in [6.45, 7) is 4.35. The van der Waals surface area contributed by atoms with Gasteiger partial charge in [-0.2, -0.15) is 13.2 Å². The normalized spacial score (nSPS) is 20.1. The second-order valence-corrected chi connectivity index (χ2v) is 9.25. The van der Waals surface area contributed by atoms with Crippen LogP contribution in [0.5, 0.6) is 0 Å². The first-order valence-corrected chi connectivity index (χ1v) is 11.0. The monoisotopic (exact) mass is 491 g/mol. The Labute approximate surface area is 195 Å². The van der Waals surface area contributed by atoms with Crippen molar-refractivity contribution in [1.29, 1.82) is 0 Å². The molecule has 2 unspecified atom stereocenters. The number of nitrogens with one attached hydrogen (secondary N) is 1. The van der Waals surface area contributed by atoms with Crippen LogP contribution in [0.4, 0.5) is 18.9 Å². The number of allylic oxidation sites excluding steroid dienone is 4. The molecule has 1 aromatic carbocycles. The van der Waals surface area contributed by atoms with E-state index < -0.39 is 41.2 Å². The van der Waals surface area contributed by atoms with E-state index in [2.05, 4.69) is 5.32 Å². The van der Waals surface area contributed by atoms with E-state index in [-0.39, 0.29) is 23.6 Å². The van der Waals surface area contributed by atoms with Crippen LogP contribution in [-0.2, 0) is 16.0 Å². The fraction of sp³-hybridized carbons (Fsp3) is 0.478. The molecular formula is C23H26Cl2F3NO3. The van der Waals surface area contributed by atoms with Gasteiger partial charge >= 0.3 is 12.1 Å². The van der Waals surface area contributed by atoms with Crippen LogP contribution in [0.1, 0.15) is 39.2 Å². The number of hydrogen-bond donors (Lipinski definition) is 2. The van der Waals surface area contributed by atoms with Gasteiger partial charge < -0.3 is 10.4 Å². The zero-order valence-electron chi connectivity index (χ0n) is 18.0. The molecule has 1 aliphatic rings. The molecule has 2 rings (SSSR count). The molecule has 0 bridgehead atoms. The van der Waals surface area contributed by atoms with Crippen LogP contribution >= 0.6 is 23.2 Å². The molecule has 1 amide bonds. The number of halogens is 5. The highest BCUT2D eigenvalue weighted by atomic mass is 35.5. The standard InChI is InChI=1S/C23H26Cl2F3NO3/c1-4-22(3,21(31)32)12-14-5-10-17(25)18(11-14)29-20(30)19(13(2)23(26,27)28)15-6-8-16(24)9-7-15/h5-6,8-11,13,15,19H,4,7,12H2,1-3H3,(H,29,30)(H,31,32)/t13-,15?,19+,22?/m1/s1. The van der Waals surface area contributed by atoms with Crippen molar-refractivity contribution >= 4 is 40.8 Å². The molecule has 0 radical (unpaired) electrons. The molecule has 1 aromatic rings. The van der Waals surface area contributed by atoms with Gasteiger partial charge in [0.1, 0.15) is 0 Å². The molecule has 32 heavy (non-hydrogen) atoms. The highest BCUT2D eigenvalue weighted by Gasteiger charge is 2.47. The number of anilines is 1. The summed E-state index contributed by atoms with van der Waals surface area (Å²) in [6.07, 6.45) is 0.779. The maximum Gasteiger partial charge on any atom is 0.392 e. The molecule has 0 saturated carbocycles. The van der Waals surface area contributed by atoms with Gasteiger partial charge in [0, 0.05) is 5.03 Å². The van der Waals surface area contributed by atoms with E-state index in [0.29, 0.717) is 17.0 Å². The van der Waals surface area contributed by atoms with Crippen LogP contribution in [0.15, 0.2) is 41.5 Å². The van der Waals surface area contributed by atoms with E-state index in [1.54, 1.807) is 26.0 Å². The average Bonchev–Trinajstić information content (AvgIpc) is 2.71. The molecule has 2 N–H and O–H groups in total. The minimum absolute atomic E-state index is 0.144.